The summed E-state index contributed by atoms with van der Waals surface area (Å²) in [5, 5.41) is 0. The number of ether oxygens (including phenoxy) is 1. The van der Waals surface area contributed by atoms with Gasteiger partial charge in [-0.05, 0) is 12.1 Å². The molecule has 0 saturated carbocycles. The fraction of sp³-hybridized carbons (Fsp3) is 0.0909. The molecule has 0 unspecified atom stereocenters. The molecule has 19 heavy (non-hydrogen) atoms. The molecule has 2 aromatic heterocycles. The predicted octanol–water partition coefficient (Wildman–Crippen LogP) is 0.579. The summed E-state index contributed by atoms with van der Waals surface area (Å²) in [7, 11) is -2.29. The highest BCUT2D eigenvalue weighted by Gasteiger charge is 2.14. The number of rotatable bonds is 4. The van der Waals surface area contributed by atoms with Crippen LogP contribution in [0.2, 0.25) is 0 Å². The summed E-state index contributed by atoms with van der Waals surface area (Å²) in [5.41, 5.74) is -0.0722. The number of H-pyrrole nitrogens is 1. The Kier molecular flexibility index (Phi) is 3.52. The maximum atomic E-state index is 12.0. The quantitative estimate of drug-likeness (QED) is 0.853. The van der Waals surface area contributed by atoms with Gasteiger partial charge in [0.05, 0.1) is 19.0 Å². The van der Waals surface area contributed by atoms with Gasteiger partial charge in [0.1, 0.15) is 4.90 Å². The van der Waals surface area contributed by atoms with Gasteiger partial charge in [-0.3, -0.25) is 9.52 Å². The average molecular weight is 281 g/mol. The van der Waals surface area contributed by atoms with E-state index in [2.05, 4.69) is 14.7 Å². The van der Waals surface area contributed by atoms with Crippen molar-refractivity contribution in [1.29, 1.82) is 0 Å². The van der Waals surface area contributed by atoms with E-state index in [0.29, 0.717) is 11.6 Å². The van der Waals surface area contributed by atoms with Crippen molar-refractivity contribution in [1.82, 2.24) is 9.97 Å². The number of nitrogens with one attached hydrogen (secondary N) is 2. The van der Waals surface area contributed by atoms with Gasteiger partial charge < -0.3 is 9.72 Å². The van der Waals surface area contributed by atoms with Gasteiger partial charge in [0.15, 0.2) is 0 Å². The van der Waals surface area contributed by atoms with E-state index in [4.69, 9.17) is 4.74 Å². The molecular weight excluding hydrogens is 270 g/mol. The van der Waals surface area contributed by atoms with Crippen LogP contribution in [0, 0.1) is 0 Å². The third-order valence-electron chi connectivity index (χ3n) is 2.26. The summed E-state index contributed by atoms with van der Waals surface area (Å²) in [4.78, 5) is 17.0. The van der Waals surface area contributed by atoms with Crippen molar-refractivity contribution in [2.45, 2.75) is 4.90 Å². The molecule has 0 fully saturated rings. The first kappa shape index (κ1) is 13.1. The monoisotopic (exact) mass is 281 g/mol. The van der Waals surface area contributed by atoms with Crippen molar-refractivity contribution in [2.24, 2.45) is 0 Å². The number of nitrogens with zero attached hydrogens (tertiary/aromatic N) is 1. The van der Waals surface area contributed by atoms with E-state index in [9.17, 15) is 13.2 Å². The first-order valence-electron chi connectivity index (χ1n) is 5.23. The van der Waals surface area contributed by atoms with E-state index < -0.39 is 10.0 Å². The zero-order valence-electron chi connectivity index (χ0n) is 9.95. The number of aromatic nitrogens is 2. The molecule has 0 amide bonds. The van der Waals surface area contributed by atoms with Crippen molar-refractivity contribution < 1.29 is 13.2 Å². The van der Waals surface area contributed by atoms with Crippen LogP contribution in [0.15, 0.2) is 46.3 Å². The van der Waals surface area contributed by atoms with E-state index in [1.54, 1.807) is 0 Å². The summed E-state index contributed by atoms with van der Waals surface area (Å²) >= 11 is 0. The molecule has 0 aliphatic heterocycles. The smallest absolute Gasteiger partial charge is 0.263 e. The van der Waals surface area contributed by atoms with Crippen LogP contribution in [0.5, 0.6) is 5.88 Å². The van der Waals surface area contributed by atoms with Gasteiger partial charge in [-0.25, -0.2) is 13.4 Å². The minimum absolute atomic E-state index is 0.0390. The number of anilines is 1. The number of hydrogen-bond acceptors (Lipinski definition) is 5. The van der Waals surface area contributed by atoms with Crippen LogP contribution in [-0.2, 0) is 10.0 Å². The molecule has 2 N–H and O–H groups in total. The fourth-order valence-electron chi connectivity index (χ4n) is 1.34. The third-order valence-corrected chi connectivity index (χ3v) is 3.64. The molecule has 0 radical (unpaired) electrons. The largest absolute Gasteiger partial charge is 0.481 e. The molecule has 2 aromatic rings. The summed E-state index contributed by atoms with van der Waals surface area (Å²) < 4.78 is 31.2. The maximum absolute atomic E-state index is 12.0. The van der Waals surface area contributed by atoms with Gasteiger partial charge in [0, 0.05) is 18.3 Å². The van der Waals surface area contributed by atoms with Crippen LogP contribution in [0.25, 0.3) is 0 Å². The van der Waals surface area contributed by atoms with Crippen LogP contribution >= 0.6 is 0 Å². The standard InChI is InChI=1S/C11H11N3O4S/c1-18-11-5-2-8(6-13-11)14-19(16,17)9-3-4-10(15)12-7-9/h2-7,14H,1H3,(H,12,15). The molecular formula is C11H11N3O4S. The second-order valence-electron chi connectivity index (χ2n) is 3.58. The number of sulfonamides is 1. The first-order chi connectivity index (χ1) is 9.01. The average Bonchev–Trinajstić information content (AvgIpc) is 2.40. The Labute approximate surface area is 109 Å². The number of aromatic amines is 1. The molecule has 0 saturated heterocycles. The van der Waals surface area contributed by atoms with Crippen LogP contribution in [0.3, 0.4) is 0 Å². The van der Waals surface area contributed by atoms with Gasteiger partial charge in [0.2, 0.25) is 11.4 Å². The minimum Gasteiger partial charge on any atom is -0.481 e. The van der Waals surface area contributed by atoms with Gasteiger partial charge in [-0.15, -0.1) is 0 Å². The summed E-state index contributed by atoms with van der Waals surface area (Å²) in [6.45, 7) is 0. The maximum Gasteiger partial charge on any atom is 0.263 e. The molecule has 0 atom stereocenters. The summed E-state index contributed by atoms with van der Waals surface area (Å²) in [6.07, 6.45) is 2.46. The predicted molar refractivity (Wildman–Crippen MR) is 68.7 cm³/mol. The normalized spacial score (nSPS) is 11.0. The lowest BCUT2D eigenvalue weighted by Gasteiger charge is -2.07. The fourth-order valence-corrected chi connectivity index (χ4v) is 2.35. The Morgan fingerprint density at radius 3 is 2.58 bits per heavy atom. The van der Waals surface area contributed by atoms with Crippen LogP contribution in [0.4, 0.5) is 5.69 Å². The Morgan fingerprint density at radius 2 is 2.05 bits per heavy atom. The van der Waals surface area contributed by atoms with Crippen molar-refractivity contribution in [2.75, 3.05) is 11.8 Å². The van der Waals surface area contributed by atoms with Crippen LogP contribution < -0.4 is 15.0 Å². The number of hydrogen-bond donors (Lipinski definition) is 2. The topological polar surface area (TPSA) is 101 Å². The molecule has 100 valence electrons. The van der Waals surface area contributed by atoms with Gasteiger partial charge in [0.25, 0.3) is 10.0 Å². The highest BCUT2D eigenvalue weighted by molar-refractivity contribution is 7.92. The second-order valence-corrected chi connectivity index (χ2v) is 5.27. The molecule has 2 rings (SSSR count). The van der Waals surface area contributed by atoms with Crippen molar-refractivity contribution >= 4 is 15.7 Å². The highest BCUT2D eigenvalue weighted by atomic mass is 32.2. The van der Waals surface area contributed by atoms with Gasteiger partial charge >= 0.3 is 0 Å². The van der Waals surface area contributed by atoms with Gasteiger partial charge in [-0.2, -0.15) is 0 Å². The van der Waals surface area contributed by atoms with Crippen LogP contribution in [0.1, 0.15) is 0 Å². The third kappa shape index (κ3) is 3.10. The molecule has 0 aromatic carbocycles. The van der Waals surface area contributed by atoms with E-state index in [1.807, 2.05) is 0 Å². The van der Waals surface area contributed by atoms with Crippen LogP contribution in [-0.4, -0.2) is 25.5 Å². The zero-order valence-corrected chi connectivity index (χ0v) is 10.8. The molecule has 8 heteroatoms. The second kappa shape index (κ2) is 5.11. The lowest BCUT2D eigenvalue weighted by atomic mass is 10.4. The van der Waals surface area contributed by atoms with Crippen molar-refractivity contribution in [3.05, 3.63) is 47.0 Å². The lowest BCUT2D eigenvalue weighted by Crippen LogP contribution is -2.15. The number of methoxy groups -OCH3 is 1. The van der Waals surface area contributed by atoms with E-state index in [-0.39, 0.29) is 10.5 Å². The zero-order chi connectivity index (χ0) is 13.9. The Morgan fingerprint density at radius 1 is 1.26 bits per heavy atom. The minimum atomic E-state index is -3.75. The SMILES string of the molecule is COc1ccc(NS(=O)(=O)c2ccc(=O)[nH]c2)cn1. The van der Waals surface area contributed by atoms with E-state index in [0.717, 1.165) is 12.3 Å². The molecule has 0 aliphatic rings. The van der Waals surface area contributed by atoms with E-state index >= 15 is 0 Å². The van der Waals surface area contributed by atoms with Crippen molar-refractivity contribution in [3.63, 3.8) is 0 Å². The Hall–Kier alpha value is -2.35. The van der Waals surface area contributed by atoms with Crippen molar-refractivity contribution in [3.8, 4) is 5.88 Å². The molecule has 0 aliphatic carbocycles. The Bertz CT molecular complexity index is 702. The lowest BCUT2D eigenvalue weighted by molar-refractivity contribution is 0.398. The van der Waals surface area contributed by atoms with Gasteiger partial charge in [-0.1, -0.05) is 0 Å². The van der Waals surface area contributed by atoms with E-state index in [1.165, 1.54) is 31.5 Å². The first-order valence-corrected chi connectivity index (χ1v) is 6.71. The Balaban J connectivity index is 2.25. The summed E-state index contributed by atoms with van der Waals surface area (Å²) in [6, 6.07) is 5.42. The molecule has 2 heterocycles. The molecule has 7 nitrogen and oxygen atoms in total. The number of pyridine rings is 2. The molecule has 0 bridgehead atoms. The highest BCUT2D eigenvalue weighted by Crippen LogP contribution is 2.15. The summed E-state index contributed by atoms with van der Waals surface area (Å²) in [5.74, 6) is 0.381. The molecule has 0 spiro atoms.